The molecule has 1 fully saturated rings. The van der Waals surface area contributed by atoms with Gasteiger partial charge in [-0.15, -0.1) is 0 Å². The highest BCUT2D eigenvalue weighted by molar-refractivity contribution is 6.08. The van der Waals surface area contributed by atoms with Crippen LogP contribution in [0.1, 0.15) is 5.56 Å². The summed E-state index contributed by atoms with van der Waals surface area (Å²) in [6, 6.07) is 9.92. The lowest BCUT2D eigenvalue weighted by Gasteiger charge is -2.31. The van der Waals surface area contributed by atoms with Crippen LogP contribution in [0.5, 0.6) is 0 Å². The SMILES string of the molecule is O=C(N1CCOCC1)N1CCN=C1c1ccccc1. The number of hydrogen-bond acceptors (Lipinski definition) is 3. The molecule has 1 aromatic carbocycles. The molecule has 5 nitrogen and oxygen atoms in total. The molecule has 0 unspecified atom stereocenters. The first-order valence-corrected chi connectivity index (χ1v) is 6.60. The number of ether oxygens (including phenoxy) is 1. The number of amidine groups is 1. The Morgan fingerprint density at radius 1 is 1.11 bits per heavy atom. The Morgan fingerprint density at radius 2 is 1.84 bits per heavy atom. The molecule has 5 heteroatoms. The third-order valence-electron chi connectivity index (χ3n) is 3.39. The van der Waals surface area contributed by atoms with Gasteiger partial charge < -0.3 is 9.64 Å². The lowest BCUT2D eigenvalue weighted by atomic mass is 10.2. The summed E-state index contributed by atoms with van der Waals surface area (Å²) in [6.07, 6.45) is 0. The first kappa shape index (κ1) is 12.2. The zero-order valence-electron chi connectivity index (χ0n) is 10.8. The zero-order valence-corrected chi connectivity index (χ0v) is 10.8. The predicted octanol–water partition coefficient (Wildman–Crippen LogP) is 1.20. The summed E-state index contributed by atoms with van der Waals surface area (Å²) in [5, 5.41) is 0. The molecule has 2 heterocycles. The number of carbonyl (C=O) groups is 1. The number of rotatable bonds is 1. The van der Waals surface area contributed by atoms with Crippen LogP contribution < -0.4 is 0 Å². The standard InChI is InChI=1S/C14H17N3O2/c18-14(16-8-10-19-11-9-16)17-7-6-15-13(17)12-4-2-1-3-5-12/h1-5H,6-11H2. The molecule has 0 aromatic heterocycles. The van der Waals surface area contributed by atoms with E-state index in [9.17, 15) is 4.79 Å². The highest BCUT2D eigenvalue weighted by Gasteiger charge is 2.29. The average Bonchev–Trinajstić information content (AvgIpc) is 2.98. The minimum absolute atomic E-state index is 0.0448. The monoisotopic (exact) mass is 259 g/mol. The summed E-state index contributed by atoms with van der Waals surface area (Å²) in [5.74, 6) is 0.789. The summed E-state index contributed by atoms with van der Waals surface area (Å²) in [6.45, 7) is 3.92. The maximum absolute atomic E-state index is 12.5. The van der Waals surface area contributed by atoms with E-state index in [1.54, 1.807) is 4.90 Å². The van der Waals surface area contributed by atoms with Crippen LogP contribution >= 0.6 is 0 Å². The van der Waals surface area contributed by atoms with Crippen LogP contribution in [-0.2, 0) is 4.74 Å². The number of benzene rings is 1. The van der Waals surface area contributed by atoms with Gasteiger partial charge in [-0.2, -0.15) is 0 Å². The van der Waals surface area contributed by atoms with Crippen LogP contribution in [0.2, 0.25) is 0 Å². The predicted molar refractivity (Wildman–Crippen MR) is 72.3 cm³/mol. The number of urea groups is 1. The summed E-state index contributed by atoms with van der Waals surface area (Å²) in [5.41, 5.74) is 1.00. The second-order valence-corrected chi connectivity index (χ2v) is 4.60. The van der Waals surface area contributed by atoms with Gasteiger partial charge in [0.15, 0.2) is 0 Å². The number of hydrogen-bond donors (Lipinski definition) is 0. The van der Waals surface area contributed by atoms with Gasteiger partial charge in [-0.25, -0.2) is 4.79 Å². The van der Waals surface area contributed by atoms with Gasteiger partial charge >= 0.3 is 6.03 Å². The maximum atomic E-state index is 12.5. The molecule has 19 heavy (non-hydrogen) atoms. The fourth-order valence-electron chi connectivity index (χ4n) is 2.39. The zero-order chi connectivity index (χ0) is 13.1. The van der Waals surface area contributed by atoms with Crippen molar-refractivity contribution < 1.29 is 9.53 Å². The molecule has 0 aliphatic carbocycles. The Labute approximate surface area is 112 Å². The van der Waals surface area contributed by atoms with E-state index in [0.717, 1.165) is 11.4 Å². The number of morpholine rings is 1. The summed E-state index contributed by atoms with van der Waals surface area (Å²) < 4.78 is 5.28. The average molecular weight is 259 g/mol. The van der Waals surface area contributed by atoms with Crippen LogP contribution in [0.15, 0.2) is 35.3 Å². The largest absolute Gasteiger partial charge is 0.378 e. The second-order valence-electron chi connectivity index (χ2n) is 4.60. The van der Waals surface area contributed by atoms with E-state index >= 15 is 0 Å². The fourth-order valence-corrected chi connectivity index (χ4v) is 2.39. The fraction of sp³-hybridized carbons (Fsp3) is 0.429. The number of carbonyl (C=O) groups excluding carboxylic acids is 1. The van der Waals surface area contributed by atoms with Crippen LogP contribution in [0.4, 0.5) is 4.79 Å². The van der Waals surface area contributed by atoms with Crippen molar-refractivity contribution in [2.75, 3.05) is 39.4 Å². The molecule has 2 amide bonds. The smallest absolute Gasteiger partial charge is 0.325 e. The van der Waals surface area contributed by atoms with E-state index < -0.39 is 0 Å². The van der Waals surface area contributed by atoms with Gasteiger partial charge in [0.05, 0.1) is 19.8 Å². The van der Waals surface area contributed by atoms with Gasteiger partial charge in [-0.1, -0.05) is 30.3 Å². The van der Waals surface area contributed by atoms with E-state index in [4.69, 9.17) is 4.74 Å². The van der Waals surface area contributed by atoms with Crippen LogP contribution in [0, 0.1) is 0 Å². The quantitative estimate of drug-likeness (QED) is 0.760. The van der Waals surface area contributed by atoms with Gasteiger partial charge in [0.1, 0.15) is 5.84 Å². The first-order valence-electron chi connectivity index (χ1n) is 6.60. The molecule has 1 saturated heterocycles. The molecule has 0 saturated carbocycles. The first-order chi connectivity index (χ1) is 9.36. The van der Waals surface area contributed by atoms with E-state index in [1.807, 2.05) is 35.2 Å². The Morgan fingerprint density at radius 3 is 2.58 bits per heavy atom. The molecule has 2 aliphatic rings. The molecule has 0 radical (unpaired) electrons. The Hall–Kier alpha value is -1.88. The van der Waals surface area contributed by atoms with E-state index in [-0.39, 0.29) is 6.03 Å². The Bertz CT molecular complexity index is 481. The lowest BCUT2D eigenvalue weighted by molar-refractivity contribution is 0.0485. The van der Waals surface area contributed by atoms with E-state index in [0.29, 0.717) is 39.4 Å². The van der Waals surface area contributed by atoms with Crippen molar-refractivity contribution in [3.05, 3.63) is 35.9 Å². The van der Waals surface area contributed by atoms with Crippen molar-refractivity contribution in [1.82, 2.24) is 9.80 Å². The summed E-state index contributed by atoms with van der Waals surface area (Å²) in [4.78, 5) is 20.6. The molecule has 0 atom stereocenters. The normalized spacial score (nSPS) is 19.5. The van der Waals surface area contributed by atoms with Gasteiger partial charge in [0.25, 0.3) is 0 Å². The molecule has 2 aliphatic heterocycles. The van der Waals surface area contributed by atoms with Gasteiger partial charge in [-0.3, -0.25) is 9.89 Å². The minimum atomic E-state index is 0.0448. The van der Waals surface area contributed by atoms with Gasteiger partial charge in [0.2, 0.25) is 0 Å². The Balaban J connectivity index is 1.77. The van der Waals surface area contributed by atoms with Crippen molar-refractivity contribution in [2.24, 2.45) is 4.99 Å². The highest BCUT2D eigenvalue weighted by Crippen LogP contribution is 2.14. The molecule has 0 N–H and O–H groups in total. The van der Waals surface area contributed by atoms with Crippen molar-refractivity contribution in [1.29, 1.82) is 0 Å². The third kappa shape index (κ3) is 2.46. The van der Waals surface area contributed by atoms with Crippen molar-refractivity contribution >= 4 is 11.9 Å². The molecule has 0 spiro atoms. The summed E-state index contributed by atoms with van der Waals surface area (Å²) >= 11 is 0. The van der Waals surface area contributed by atoms with Crippen molar-refractivity contribution in [2.45, 2.75) is 0 Å². The van der Waals surface area contributed by atoms with Crippen LogP contribution in [0.3, 0.4) is 0 Å². The topological polar surface area (TPSA) is 45.1 Å². The molecule has 100 valence electrons. The molecule has 0 bridgehead atoms. The maximum Gasteiger partial charge on any atom is 0.325 e. The minimum Gasteiger partial charge on any atom is -0.378 e. The third-order valence-corrected chi connectivity index (χ3v) is 3.39. The Kier molecular flexibility index (Phi) is 3.46. The second kappa shape index (κ2) is 5.40. The highest BCUT2D eigenvalue weighted by atomic mass is 16.5. The lowest BCUT2D eigenvalue weighted by Crippen LogP contribution is -2.49. The van der Waals surface area contributed by atoms with Crippen molar-refractivity contribution in [3.8, 4) is 0 Å². The molecule has 1 aromatic rings. The van der Waals surface area contributed by atoms with Crippen LogP contribution in [0.25, 0.3) is 0 Å². The van der Waals surface area contributed by atoms with Crippen molar-refractivity contribution in [3.63, 3.8) is 0 Å². The van der Waals surface area contributed by atoms with Gasteiger partial charge in [0, 0.05) is 25.2 Å². The number of nitrogens with zero attached hydrogens (tertiary/aromatic N) is 3. The van der Waals surface area contributed by atoms with Gasteiger partial charge in [-0.05, 0) is 0 Å². The number of amides is 2. The van der Waals surface area contributed by atoms with Crippen LogP contribution in [-0.4, -0.2) is 61.1 Å². The number of aliphatic imine (C=N–C) groups is 1. The van der Waals surface area contributed by atoms with E-state index in [2.05, 4.69) is 4.99 Å². The molecule has 3 rings (SSSR count). The molecular formula is C14H17N3O2. The molecular weight excluding hydrogens is 242 g/mol. The van der Waals surface area contributed by atoms with E-state index in [1.165, 1.54) is 0 Å². The summed E-state index contributed by atoms with van der Waals surface area (Å²) in [7, 11) is 0.